The Bertz CT molecular complexity index is 1010. The second-order valence-electron chi connectivity index (χ2n) is 5.44. The normalized spacial score (nSPS) is 15.7. The van der Waals surface area contributed by atoms with Crippen LogP contribution in [0.1, 0.15) is 11.1 Å². The minimum absolute atomic E-state index is 0.107. The number of nitrogens with zero attached hydrogens (tertiary/aromatic N) is 2. The van der Waals surface area contributed by atoms with Crippen molar-refractivity contribution in [3.8, 4) is 0 Å². The van der Waals surface area contributed by atoms with Gasteiger partial charge in [0.2, 0.25) is 0 Å². The van der Waals surface area contributed by atoms with E-state index in [1.54, 1.807) is 6.07 Å². The first-order valence-corrected chi connectivity index (χ1v) is 9.76. The molecular weight excluding hydrogens is 479 g/mol. The van der Waals surface area contributed by atoms with Crippen LogP contribution in [0, 0.1) is 10.1 Å². The molecule has 1 aliphatic rings. The Kier molecular flexibility index (Phi) is 5.90. The van der Waals surface area contributed by atoms with Crippen molar-refractivity contribution in [3.63, 3.8) is 0 Å². The Morgan fingerprint density at radius 1 is 1.19 bits per heavy atom. The summed E-state index contributed by atoms with van der Waals surface area (Å²) in [4.78, 5) is 36.5. The number of amides is 2. The number of benzene rings is 2. The summed E-state index contributed by atoms with van der Waals surface area (Å²) in [5, 5.41) is 10.6. The SMILES string of the molecule is O=C1S/C(=C\c2cc([N+](=O)[O-])c(Cl)cc2Cl)C(=O)N1Cc1ccccc1Br. The van der Waals surface area contributed by atoms with Crippen LogP contribution >= 0.6 is 50.9 Å². The summed E-state index contributed by atoms with van der Waals surface area (Å²) in [5.74, 6) is -0.491. The van der Waals surface area contributed by atoms with E-state index >= 15 is 0 Å². The number of imide groups is 1. The number of thioether (sulfide) groups is 1. The van der Waals surface area contributed by atoms with E-state index in [0.717, 1.165) is 26.7 Å². The highest BCUT2D eigenvalue weighted by molar-refractivity contribution is 9.10. The maximum atomic E-state index is 12.6. The number of nitro benzene ring substituents is 1. The predicted molar refractivity (Wildman–Crippen MR) is 109 cm³/mol. The van der Waals surface area contributed by atoms with Crippen molar-refractivity contribution in [1.82, 2.24) is 4.90 Å². The van der Waals surface area contributed by atoms with Gasteiger partial charge in [-0.25, -0.2) is 0 Å². The molecule has 0 bridgehead atoms. The number of rotatable bonds is 4. The van der Waals surface area contributed by atoms with Crippen LogP contribution in [0.5, 0.6) is 0 Å². The zero-order chi connectivity index (χ0) is 19.7. The monoisotopic (exact) mass is 486 g/mol. The van der Waals surface area contributed by atoms with Gasteiger partial charge in [-0.3, -0.25) is 24.6 Å². The molecule has 3 rings (SSSR count). The van der Waals surface area contributed by atoms with E-state index in [9.17, 15) is 19.7 Å². The predicted octanol–water partition coefficient (Wildman–Crippen LogP) is 5.90. The van der Waals surface area contributed by atoms with Crippen molar-refractivity contribution in [2.45, 2.75) is 6.54 Å². The summed E-state index contributed by atoms with van der Waals surface area (Å²) in [6.07, 6.45) is 1.36. The molecule has 0 saturated carbocycles. The Morgan fingerprint density at radius 3 is 2.56 bits per heavy atom. The van der Waals surface area contributed by atoms with E-state index in [2.05, 4.69) is 15.9 Å². The van der Waals surface area contributed by atoms with E-state index in [1.807, 2.05) is 18.2 Å². The van der Waals surface area contributed by atoms with Crippen molar-refractivity contribution >= 4 is 73.8 Å². The highest BCUT2D eigenvalue weighted by Gasteiger charge is 2.35. The van der Waals surface area contributed by atoms with Gasteiger partial charge in [-0.05, 0) is 35.5 Å². The Balaban J connectivity index is 1.92. The smallest absolute Gasteiger partial charge is 0.268 e. The fourth-order valence-corrected chi connectivity index (χ4v) is 4.12. The van der Waals surface area contributed by atoms with Crippen molar-refractivity contribution < 1.29 is 14.5 Å². The minimum atomic E-state index is -0.644. The van der Waals surface area contributed by atoms with Crippen molar-refractivity contribution in [3.05, 3.63) is 77.1 Å². The van der Waals surface area contributed by atoms with Gasteiger partial charge in [-0.2, -0.15) is 0 Å². The number of nitro groups is 1. The summed E-state index contributed by atoms with van der Waals surface area (Å²) in [7, 11) is 0. The molecule has 1 aliphatic heterocycles. The van der Waals surface area contributed by atoms with Crippen LogP contribution in [0.3, 0.4) is 0 Å². The zero-order valence-electron chi connectivity index (χ0n) is 13.3. The van der Waals surface area contributed by atoms with Crippen LogP contribution in [-0.2, 0) is 11.3 Å². The summed E-state index contributed by atoms with van der Waals surface area (Å²) < 4.78 is 0.782. The largest absolute Gasteiger partial charge is 0.293 e. The number of carbonyl (C=O) groups is 2. The van der Waals surface area contributed by atoms with Gasteiger partial charge < -0.3 is 0 Å². The van der Waals surface area contributed by atoms with Gasteiger partial charge in [-0.15, -0.1) is 0 Å². The molecule has 2 amide bonds. The first-order valence-electron chi connectivity index (χ1n) is 7.40. The molecule has 138 valence electrons. The molecule has 0 aromatic heterocycles. The van der Waals surface area contributed by atoms with Gasteiger partial charge in [0.15, 0.2) is 0 Å². The first kappa shape index (κ1) is 19.9. The minimum Gasteiger partial charge on any atom is -0.268 e. The van der Waals surface area contributed by atoms with Crippen molar-refractivity contribution in [2.24, 2.45) is 0 Å². The fraction of sp³-hybridized carbons (Fsp3) is 0.0588. The molecular formula is C17H9BrCl2N2O4S. The number of hydrogen-bond acceptors (Lipinski definition) is 5. The van der Waals surface area contributed by atoms with Gasteiger partial charge in [-0.1, -0.05) is 57.3 Å². The molecule has 1 heterocycles. The van der Waals surface area contributed by atoms with Gasteiger partial charge in [0, 0.05) is 21.1 Å². The third-order valence-electron chi connectivity index (χ3n) is 3.71. The average molecular weight is 488 g/mol. The number of carbonyl (C=O) groups excluding carboxylic acids is 2. The molecule has 2 aromatic carbocycles. The van der Waals surface area contributed by atoms with Crippen LogP contribution in [0.2, 0.25) is 10.0 Å². The van der Waals surface area contributed by atoms with E-state index in [0.29, 0.717) is 0 Å². The van der Waals surface area contributed by atoms with E-state index in [1.165, 1.54) is 18.2 Å². The van der Waals surface area contributed by atoms with Crippen LogP contribution in [0.15, 0.2) is 45.8 Å². The van der Waals surface area contributed by atoms with E-state index in [-0.39, 0.29) is 32.7 Å². The highest BCUT2D eigenvalue weighted by Crippen LogP contribution is 2.37. The lowest BCUT2D eigenvalue weighted by molar-refractivity contribution is -0.384. The molecule has 0 atom stereocenters. The van der Waals surface area contributed by atoms with Crippen LogP contribution in [0.25, 0.3) is 6.08 Å². The van der Waals surface area contributed by atoms with Crippen molar-refractivity contribution in [1.29, 1.82) is 0 Å². The standard InChI is InChI=1S/C17H9BrCl2N2O4S/c18-11-4-2-1-3-9(11)8-21-16(23)15(27-17(21)24)6-10-5-14(22(25)26)13(20)7-12(10)19/h1-7H,8H2/b15-6-. The topological polar surface area (TPSA) is 80.5 Å². The van der Waals surface area contributed by atoms with E-state index in [4.69, 9.17) is 23.2 Å². The third-order valence-corrected chi connectivity index (χ3v) is 6.02. The molecule has 1 fully saturated rings. The van der Waals surface area contributed by atoms with Crippen LogP contribution < -0.4 is 0 Å². The summed E-state index contributed by atoms with van der Waals surface area (Å²) >= 11 is 16.0. The number of halogens is 3. The summed E-state index contributed by atoms with van der Waals surface area (Å²) in [6.45, 7) is 0.109. The van der Waals surface area contributed by atoms with Crippen molar-refractivity contribution in [2.75, 3.05) is 0 Å². The summed E-state index contributed by atoms with van der Waals surface area (Å²) in [5.41, 5.74) is 0.681. The molecule has 2 aromatic rings. The maximum absolute atomic E-state index is 12.6. The lowest BCUT2D eigenvalue weighted by Crippen LogP contribution is -2.27. The van der Waals surface area contributed by atoms with Crippen LogP contribution in [0.4, 0.5) is 10.5 Å². The molecule has 0 N–H and O–H groups in total. The Hall–Kier alpha value is -1.87. The Labute approximate surface area is 176 Å². The first-order chi connectivity index (χ1) is 12.8. The van der Waals surface area contributed by atoms with Gasteiger partial charge in [0.05, 0.1) is 16.4 Å². The molecule has 0 aliphatic carbocycles. The Morgan fingerprint density at radius 2 is 1.89 bits per heavy atom. The quantitative estimate of drug-likeness (QED) is 0.304. The maximum Gasteiger partial charge on any atom is 0.293 e. The van der Waals surface area contributed by atoms with Gasteiger partial charge >= 0.3 is 0 Å². The molecule has 0 unspecified atom stereocenters. The second-order valence-corrected chi connectivity index (χ2v) is 8.10. The zero-order valence-corrected chi connectivity index (χ0v) is 17.2. The molecule has 27 heavy (non-hydrogen) atoms. The summed E-state index contributed by atoms with van der Waals surface area (Å²) in [6, 6.07) is 9.66. The number of hydrogen-bond donors (Lipinski definition) is 0. The molecule has 0 radical (unpaired) electrons. The van der Waals surface area contributed by atoms with E-state index < -0.39 is 16.1 Å². The highest BCUT2D eigenvalue weighted by atomic mass is 79.9. The third kappa shape index (κ3) is 4.19. The van der Waals surface area contributed by atoms with Crippen LogP contribution in [-0.4, -0.2) is 21.0 Å². The molecule has 6 nitrogen and oxygen atoms in total. The van der Waals surface area contributed by atoms with Gasteiger partial charge in [0.25, 0.3) is 16.8 Å². The lowest BCUT2D eigenvalue weighted by atomic mass is 10.1. The van der Waals surface area contributed by atoms with Gasteiger partial charge in [0.1, 0.15) is 5.02 Å². The second kappa shape index (κ2) is 8.02. The molecule has 10 heteroatoms. The molecule has 0 spiro atoms. The fourth-order valence-electron chi connectivity index (χ4n) is 2.38. The lowest BCUT2D eigenvalue weighted by Gasteiger charge is -2.13. The average Bonchev–Trinajstić information content (AvgIpc) is 2.86. The molecule has 1 saturated heterocycles.